The smallest absolute Gasteiger partial charge is 0.343 e. The van der Waals surface area contributed by atoms with Crippen LogP contribution in [-0.4, -0.2) is 22.6 Å². The lowest BCUT2D eigenvalue weighted by atomic mass is 10.2. The molecule has 0 saturated carbocycles. The molecule has 162 valence electrons. The molecule has 0 fully saturated rings. The maximum atomic E-state index is 12.5. The van der Waals surface area contributed by atoms with E-state index in [9.17, 15) is 4.79 Å². The summed E-state index contributed by atoms with van der Waals surface area (Å²) in [6, 6.07) is 32.7. The van der Waals surface area contributed by atoms with Gasteiger partial charge in [-0.25, -0.2) is 9.78 Å². The van der Waals surface area contributed by atoms with Crippen LogP contribution in [0.5, 0.6) is 11.5 Å². The highest BCUT2D eigenvalue weighted by Gasteiger charge is 2.14. The minimum atomic E-state index is -0.415. The Balaban J connectivity index is 1.42. The lowest BCUT2D eigenvalue weighted by Gasteiger charge is -2.10. The molecule has 5 rings (SSSR count). The van der Waals surface area contributed by atoms with Gasteiger partial charge in [0.15, 0.2) is 0 Å². The number of hydrogen-bond donors (Lipinski definition) is 0. The van der Waals surface area contributed by atoms with E-state index < -0.39 is 5.97 Å². The average Bonchev–Trinajstić information content (AvgIpc) is 3.23. The Hall–Kier alpha value is -4.38. The number of ether oxygens (including phenoxy) is 2. The molecule has 0 aliphatic heterocycles. The van der Waals surface area contributed by atoms with Gasteiger partial charge in [-0.15, -0.1) is 0 Å². The molecule has 1 aromatic heterocycles. The Morgan fingerprint density at radius 1 is 0.788 bits per heavy atom. The lowest BCUT2D eigenvalue weighted by Crippen LogP contribution is -2.08. The molecule has 0 aliphatic carbocycles. The number of rotatable bonds is 6. The van der Waals surface area contributed by atoms with Gasteiger partial charge in [0.25, 0.3) is 0 Å². The maximum Gasteiger partial charge on any atom is 0.343 e. The summed E-state index contributed by atoms with van der Waals surface area (Å²) in [6.07, 6.45) is 0. The third-order valence-corrected chi connectivity index (χ3v) is 5.49. The van der Waals surface area contributed by atoms with Crippen LogP contribution in [0.3, 0.4) is 0 Å². The third-order valence-electron chi connectivity index (χ3n) is 5.49. The largest absolute Gasteiger partial charge is 0.497 e. The van der Waals surface area contributed by atoms with Crippen LogP contribution in [0.15, 0.2) is 103 Å². The molecule has 0 spiro atoms. The molecular formula is C28H22N2O3. The van der Waals surface area contributed by atoms with E-state index in [4.69, 9.17) is 14.5 Å². The van der Waals surface area contributed by atoms with E-state index in [1.807, 2.05) is 48.5 Å². The molecule has 1 heterocycles. The monoisotopic (exact) mass is 434 g/mol. The highest BCUT2D eigenvalue weighted by Crippen LogP contribution is 2.28. The van der Waals surface area contributed by atoms with Crippen molar-refractivity contribution < 1.29 is 14.3 Å². The van der Waals surface area contributed by atoms with E-state index in [-0.39, 0.29) is 0 Å². The SMILES string of the molecule is COc1ccc(C(=O)Oc2ccc(-c3nc4ccccc4n3Cc3ccccc3)cc2)cc1. The van der Waals surface area contributed by atoms with Crippen LogP contribution >= 0.6 is 0 Å². The number of nitrogens with zero attached hydrogens (tertiary/aromatic N) is 2. The number of carbonyl (C=O) groups excluding carboxylic acids is 1. The molecule has 0 aliphatic rings. The Morgan fingerprint density at radius 2 is 1.45 bits per heavy atom. The van der Waals surface area contributed by atoms with E-state index in [0.29, 0.717) is 23.6 Å². The van der Waals surface area contributed by atoms with Gasteiger partial charge in [0.1, 0.15) is 17.3 Å². The molecule has 5 heteroatoms. The van der Waals surface area contributed by atoms with Crippen molar-refractivity contribution in [2.75, 3.05) is 7.11 Å². The van der Waals surface area contributed by atoms with Crippen LogP contribution in [0.4, 0.5) is 0 Å². The Labute approximate surface area is 191 Å². The number of aromatic nitrogens is 2. The van der Waals surface area contributed by atoms with Crippen molar-refractivity contribution in [3.63, 3.8) is 0 Å². The normalized spacial score (nSPS) is 10.8. The fourth-order valence-corrected chi connectivity index (χ4v) is 3.79. The minimum Gasteiger partial charge on any atom is -0.497 e. The van der Waals surface area contributed by atoms with E-state index in [2.05, 4.69) is 22.8 Å². The molecule has 5 nitrogen and oxygen atoms in total. The first-order chi connectivity index (χ1) is 16.2. The molecule has 0 unspecified atom stereocenters. The highest BCUT2D eigenvalue weighted by atomic mass is 16.5. The number of benzene rings is 4. The summed E-state index contributed by atoms with van der Waals surface area (Å²) in [5.74, 6) is 1.62. The second-order valence-corrected chi connectivity index (χ2v) is 7.64. The molecule has 0 radical (unpaired) electrons. The van der Waals surface area contributed by atoms with Gasteiger partial charge in [-0.05, 0) is 66.2 Å². The van der Waals surface area contributed by atoms with Crippen LogP contribution in [-0.2, 0) is 6.54 Å². The van der Waals surface area contributed by atoms with Gasteiger partial charge in [-0.2, -0.15) is 0 Å². The molecule has 0 N–H and O–H groups in total. The predicted octanol–water partition coefficient (Wildman–Crippen LogP) is 5.98. The number of imidazole rings is 1. The van der Waals surface area contributed by atoms with Gasteiger partial charge in [-0.1, -0.05) is 42.5 Å². The number of para-hydroxylation sites is 2. The van der Waals surface area contributed by atoms with Crippen LogP contribution < -0.4 is 9.47 Å². The Bertz CT molecular complexity index is 1390. The van der Waals surface area contributed by atoms with E-state index in [1.54, 1.807) is 43.5 Å². The number of hydrogen-bond acceptors (Lipinski definition) is 4. The molecule has 0 amide bonds. The number of fused-ring (bicyclic) bond motifs is 1. The number of esters is 1. The summed E-state index contributed by atoms with van der Waals surface area (Å²) in [4.78, 5) is 17.3. The zero-order valence-electron chi connectivity index (χ0n) is 18.1. The first-order valence-electron chi connectivity index (χ1n) is 10.7. The molecule has 0 atom stereocenters. The van der Waals surface area contributed by atoms with Crippen LogP contribution in [0.25, 0.3) is 22.4 Å². The highest BCUT2D eigenvalue weighted by molar-refractivity contribution is 5.91. The number of methoxy groups -OCH3 is 1. The molecule has 0 saturated heterocycles. The Morgan fingerprint density at radius 3 is 2.18 bits per heavy atom. The van der Waals surface area contributed by atoms with Crippen molar-refractivity contribution in [2.45, 2.75) is 6.54 Å². The van der Waals surface area contributed by atoms with Gasteiger partial charge in [0.05, 0.1) is 23.7 Å². The summed E-state index contributed by atoms with van der Waals surface area (Å²) in [5.41, 5.74) is 4.63. The minimum absolute atomic E-state index is 0.415. The van der Waals surface area contributed by atoms with Crippen molar-refractivity contribution in [3.05, 3.63) is 114 Å². The maximum absolute atomic E-state index is 12.5. The summed E-state index contributed by atoms with van der Waals surface area (Å²) < 4.78 is 12.9. The van der Waals surface area contributed by atoms with Crippen molar-refractivity contribution >= 4 is 17.0 Å². The third kappa shape index (κ3) is 4.34. The Kier molecular flexibility index (Phi) is 5.60. The quantitative estimate of drug-likeness (QED) is 0.244. The topological polar surface area (TPSA) is 53.4 Å². The van der Waals surface area contributed by atoms with Crippen molar-refractivity contribution in [3.8, 4) is 22.9 Å². The van der Waals surface area contributed by atoms with Crippen LogP contribution in [0.2, 0.25) is 0 Å². The van der Waals surface area contributed by atoms with Gasteiger partial charge in [-0.3, -0.25) is 0 Å². The van der Waals surface area contributed by atoms with Crippen LogP contribution in [0, 0.1) is 0 Å². The molecule has 5 aromatic rings. The first-order valence-corrected chi connectivity index (χ1v) is 10.7. The van der Waals surface area contributed by atoms with Gasteiger partial charge in [0, 0.05) is 12.1 Å². The van der Waals surface area contributed by atoms with Crippen molar-refractivity contribution in [2.24, 2.45) is 0 Å². The standard InChI is InChI=1S/C28H22N2O3/c1-32-23-15-13-22(14-16-23)28(31)33-24-17-11-21(12-18-24)27-29-25-9-5-6-10-26(25)30(27)19-20-7-3-2-4-8-20/h2-18H,19H2,1H3. The molecular weight excluding hydrogens is 412 g/mol. The molecule has 0 bridgehead atoms. The van der Waals surface area contributed by atoms with E-state index in [1.165, 1.54) is 5.56 Å². The average molecular weight is 434 g/mol. The second kappa shape index (κ2) is 9.01. The van der Waals surface area contributed by atoms with Gasteiger partial charge in [0.2, 0.25) is 0 Å². The lowest BCUT2D eigenvalue weighted by molar-refractivity contribution is 0.0734. The van der Waals surface area contributed by atoms with E-state index in [0.717, 1.165) is 22.4 Å². The summed E-state index contributed by atoms with van der Waals surface area (Å²) in [7, 11) is 1.59. The first kappa shape index (κ1) is 20.5. The molecule has 33 heavy (non-hydrogen) atoms. The second-order valence-electron chi connectivity index (χ2n) is 7.64. The van der Waals surface area contributed by atoms with E-state index >= 15 is 0 Å². The fraction of sp³-hybridized carbons (Fsp3) is 0.0714. The summed E-state index contributed by atoms with van der Waals surface area (Å²) >= 11 is 0. The zero-order chi connectivity index (χ0) is 22.6. The number of carbonyl (C=O) groups is 1. The van der Waals surface area contributed by atoms with Crippen molar-refractivity contribution in [1.29, 1.82) is 0 Å². The van der Waals surface area contributed by atoms with Gasteiger partial charge >= 0.3 is 5.97 Å². The van der Waals surface area contributed by atoms with Crippen molar-refractivity contribution in [1.82, 2.24) is 9.55 Å². The summed E-state index contributed by atoms with van der Waals surface area (Å²) in [6.45, 7) is 0.713. The molecule has 4 aromatic carbocycles. The van der Waals surface area contributed by atoms with Crippen LogP contribution in [0.1, 0.15) is 15.9 Å². The predicted molar refractivity (Wildman–Crippen MR) is 129 cm³/mol. The fourth-order valence-electron chi connectivity index (χ4n) is 3.79. The summed E-state index contributed by atoms with van der Waals surface area (Å²) in [5, 5.41) is 0. The zero-order valence-corrected chi connectivity index (χ0v) is 18.1. The van der Waals surface area contributed by atoms with Gasteiger partial charge < -0.3 is 14.0 Å².